The Bertz CT molecular complexity index is 534. The third-order valence-corrected chi connectivity index (χ3v) is 3.13. The van der Waals surface area contributed by atoms with Gasteiger partial charge in [-0.15, -0.1) is 0 Å². The van der Waals surface area contributed by atoms with Gasteiger partial charge in [-0.1, -0.05) is 0 Å². The molecule has 1 heterocycles. The monoisotopic (exact) mass is 259 g/mol. The molecule has 0 aliphatic heterocycles. The minimum Gasteiger partial charge on any atom is -0.394 e. The van der Waals surface area contributed by atoms with E-state index in [-0.39, 0.29) is 18.6 Å². The highest BCUT2D eigenvalue weighted by Gasteiger charge is 2.16. The molecule has 1 atom stereocenters. The van der Waals surface area contributed by atoms with E-state index in [1.807, 2.05) is 24.4 Å². The first-order valence-electron chi connectivity index (χ1n) is 6.11. The molecule has 1 amide bonds. The van der Waals surface area contributed by atoms with E-state index in [0.29, 0.717) is 5.56 Å². The minimum atomic E-state index is -0.196. The van der Waals surface area contributed by atoms with Crippen LogP contribution in [0.3, 0.4) is 0 Å². The van der Waals surface area contributed by atoms with Crippen LogP contribution in [0, 0.1) is 0 Å². The number of nitrogens with zero attached hydrogens (tertiary/aromatic N) is 3. The Morgan fingerprint density at radius 3 is 2.63 bits per heavy atom. The number of aliphatic hydroxyl groups is 1. The first-order chi connectivity index (χ1) is 9.13. The normalized spacial score (nSPS) is 12.2. The van der Waals surface area contributed by atoms with E-state index in [1.54, 1.807) is 37.0 Å². The van der Waals surface area contributed by atoms with Crippen molar-refractivity contribution < 1.29 is 9.90 Å². The number of hydrogen-bond acceptors (Lipinski definition) is 3. The summed E-state index contributed by atoms with van der Waals surface area (Å²) in [4.78, 5) is 13.7. The molecule has 5 heteroatoms. The Morgan fingerprint density at radius 1 is 1.42 bits per heavy atom. The topological polar surface area (TPSA) is 58.4 Å². The van der Waals surface area contributed by atoms with E-state index in [0.717, 1.165) is 5.69 Å². The van der Waals surface area contributed by atoms with E-state index < -0.39 is 0 Å². The first-order valence-corrected chi connectivity index (χ1v) is 6.11. The Hall–Kier alpha value is -2.14. The average molecular weight is 259 g/mol. The van der Waals surface area contributed by atoms with Gasteiger partial charge in [-0.2, -0.15) is 5.10 Å². The Balaban J connectivity index is 2.17. The van der Waals surface area contributed by atoms with Crippen LogP contribution in [-0.4, -0.2) is 45.4 Å². The maximum Gasteiger partial charge on any atom is 0.253 e. The van der Waals surface area contributed by atoms with Gasteiger partial charge >= 0.3 is 0 Å². The molecule has 5 nitrogen and oxygen atoms in total. The zero-order chi connectivity index (χ0) is 13.8. The number of carbonyl (C=O) groups is 1. The maximum atomic E-state index is 12.1. The summed E-state index contributed by atoms with van der Waals surface area (Å²) in [5.41, 5.74) is 1.50. The SMILES string of the molecule is CC(CO)N(C)C(=O)c1ccc(-n2cccn2)cc1. The van der Waals surface area contributed by atoms with Crippen LogP contribution in [0.2, 0.25) is 0 Å². The molecule has 19 heavy (non-hydrogen) atoms. The van der Waals surface area contributed by atoms with Crippen LogP contribution in [0.15, 0.2) is 42.7 Å². The fraction of sp³-hybridized carbons (Fsp3) is 0.286. The summed E-state index contributed by atoms with van der Waals surface area (Å²) < 4.78 is 1.73. The number of rotatable bonds is 4. The summed E-state index contributed by atoms with van der Waals surface area (Å²) in [5, 5.41) is 13.2. The van der Waals surface area contributed by atoms with Crippen LogP contribution < -0.4 is 0 Å². The van der Waals surface area contributed by atoms with Gasteiger partial charge in [0.2, 0.25) is 0 Å². The zero-order valence-corrected chi connectivity index (χ0v) is 11.0. The second-order valence-corrected chi connectivity index (χ2v) is 4.45. The molecule has 0 spiro atoms. The van der Waals surface area contributed by atoms with Gasteiger partial charge in [-0.05, 0) is 37.3 Å². The molecule has 1 aromatic carbocycles. The fourth-order valence-electron chi connectivity index (χ4n) is 1.70. The summed E-state index contributed by atoms with van der Waals surface area (Å²) in [7, 11) is 1.69. The highest BCUT2D eigenvalue weighted by molar-refractivity contribution is 5.94. The molecular weight excluding hydrogens is 242 g/mol. The predicted molar refractivity (Wildman–Crippen MR) is 72.2 cm³/mol. The van der Waals surface area contributed by atoms with Gasteiger partial charge in [0, 0.05) is 25.0 Å². The molecule has 2 rings (SSSR count). The fourth-order valence-corrected chi connectivity index (χ4v) is 1.70. The lowest BCUT2D eigenvalue weighted by Crippen LogP contribution is -2.37. The number of benzene rings is 1. The van der Waals surface area contributed by atoms with Crippen molar-refractivity contribution in [2.24, 2.45) is 0 Å². The largest absolute Gasteiger partial charge is 0.394 e. The summed E-state index contributed by atoms with van der Waals surface area (Å²) in [6.45, 7) is 1.75. The molecule has 0 aliphatic carbocycles. The molecule has 0 fully saturated rings. The van der Waals surface area contributed by atoms with Crippen LogP contribution in [0.5, 0.6) is 0 Å². The number of carbonyl (C=O) groups excluding carboxylic acids is 1. The van der Waals surface area contributed by atoms with Crippen LogP contribution in [0.1, 0.15) is 17.3 Å². The smallest absolute Gasteiger partial charge is 0.253 e. The first kappa shape index (κ1) is 13.3. The second kappa shape index (κ2) is 5.67. The maximum absolute atomic E-state index is 12.1. The molecule has 0 saturated heterocycles. The van der Waals surface area contributed by atoms with Crippen molar-refractivity contribution in [1.82, 2.24) is 14.7 Å². The quantitative estimate of drug-likeness (QED) is 0.901. The molecular formula is C14H17N3O2. The Kier molecular flexibility index (Phi) is 3.97. The average Bonchev–Trinajstić information content (AvgIpc) is 2.99. The molecule has 0 saturated carbocycles. The van der Waals surface area contributed by atoms with Crippen molar-refractivity contribution in [2.75, 3.05) is 13.7 Å². The van der Waals surface area contributed by atoms with Gasteiger partial charge in [-0.3, -0.25) is 4.79 Å². The van der Waals surface area contributed by atoms with Crippen LogP contribution in [0.25, 0.3) is 5.69 Å². The van der Waals surface area contributed by atoms with Crippen molar-refractivity contribution in [2.45, 2.75) is 13.0 Å². The van der Waals surface area contributed by atoms with E-state index in [2.05, 4.69) is 5.10 Å². The number of likely N-dealkylation sites (N-methyl/N-ethyl adjacent to an activating group) is 1. The van der Waals surface area contributed by atoms with Gasteiger partial charge in [0.25, 0.3) is 5.91 Å². The number of aromatic nitrogens is 2. The minimum absolute atomic E-state index is 0.0480. The van der Waals surface area contributed by atoms with Gasteiger partial charge in [0.05, 0.1) is 18.3 Å². The zero-order valence-electron chi connectivity index (χ0n) is 11.0. The molecule has 100 valence electrons. The van der Waals surface area contributed by atoms with Crippen molar-refractivity contribution in [1.29, 1.82) is 0 Å². The second-order valence-electron chi connectivity index (χ2n) is 4.45. The van der Waals surface area contributed by atoms with E-state index in [9.17, 15) is 4.79 Å². The van der Waals surface area contributed by atoms with E-state index in [4.69, 9.17) is 5.11 Å². The molecule has 2 aromatic rings. The van der Waals surface area contributed by atoms with Crippen molar-refractivity contribution in [3.8, 4) is 5.69 Å². The lowest BCUT2D eigenvalue weighted by atomic mass is 10.1. The Labute approximate surface area is 112 Å². The number of hydrogen-bond donors (Lipinski definition) is 1. The third-order valence-electron chi connectivity index (χ3n) is 3.13. The summed E-state index contributed by atoms with van der Waals surface area (Å²) in [6, 6.07) is 8.86. The third kappa shape index (κ3) is 2.82. The standard InChI is InChI=1S/C14H17N3O2/c1-11(10-18)16(2)14(19)12-4-6-13(7-5-12)17-9-3-8-15-17/h3-9,11,18H,10H2,1-2H3. The summed E-state index contributed by atoms with van der Waals surface area (Å²) >= 11 is 0. The molecule has 1 aromatic heterocycles. The number of aliphatic hydroxyl groups excluding tert-OH is 1. The van der Waals surface area contributed by atoms with Crippen LogP contribution >= 0.6 is 0 Å². The highest BCUT2D eigenvalue weighted by Crippen LogP contribution is 2.11. The predicted octanol–water partition coefficient (Wildman–Crippen LogP) is 1.33. The van der Waals surface area contributed by atoms with Gasteiger partial charge in [0.1, 0.15) is 0 Å². The molecule has 0 radical (unpaired) electrons. The van der Waals surface area contributed by atoms with Crippen LogP contribution in [-0.2, 0) is 0 Å². The Morgan fingerprint density at radius 2 is 2.11 bits per heavy atom. The number of amides is 1. The van der Waals surface area contributed by atoms with Crippen molar-refractivity contribution in [3.05, 3.63) is 48.3 Å². The van der Waals surface area contributed by atoms with Crippen molar-refractivity contribution >= 4 is 5.91 Å². The van der Waals surface area contributed by atoms with Crippen molar-refractivity contribution in [3.63, 3.8) is 0 Å². The summed E-state index contributed by atoms with van der Waals surface area (Å²) in [5.74, 6) is -0.103. The van der Waals surface area contributed by atoms with Gasteiger partial charge in [-0.25, -0.2) is 4.68 Å². The van der Waals surface area contributed by atoms with Gasteiger partial charge < -0.3 is 10.0 Å². The highest BCUT2D eigenvalue weighted by atomic mass is 16.3. The lowest BCUT2D eigenvalue weighted by Gasteiger charge is -2.23. The van der Waals surface area contributed by atoms with Gasteiger partial charge in [0.15, 0.2) is 0 Å². The molecule has 0 aliphatic rings. The summed E-state index contributed by atoms with van der Waals surface area (Å²) in [6.07, 6.45) is 3.55. The lowest BCUT2D eigenvalue weighted by molar-refractivity contribution is 0.0682. The van der Waals surface area contributed by atoms with E-state index in [1.165, 1.54) is 4.90 Å². The van der Waals surface area contributed by atoms with E-state index >= 15 is 0 Å². The molecule has 1 N–H and O–H groups in total. The molecule has 1 unspecified atom stereocenters. The molecule has 0 bridgehead atoms. The van der Waals surface area contributed by atoms with Crippen LogP contribution in [0.4, 0.5) is 0 Å².